The van der Waals surface area contributed by atoms with Crippen LogP contribution in [0.4, 0.5) is 0 Å². The molecule has 0 aromatic carbocycles. The van der Waals surface area contributed by atoms with Crippen LogP contribution in [0.3, 0.4) is 0 Å². The van der Waals surface area contributed by atoms with Gasteiger partial charge in [-0.15, -0.1) is 0 Å². The normalized spacial score (nSPS) is 12.2. The lowest BCUT2D eigenvalue weighted by molar-refractivity contribution is 0.539. The Labute approximate surface area is 77.2 Å². The Morgan fingerprint density at radius 3 is 2.77 bits per heavy atom. The summed E-state index contributed by atoms with van der Waals surface area (Å²) in [6.07, 6.45) is 3.94. The van der Waals surface area contributed by atoms with Crippen LogP contribution in [0.5, 0.6) is 0 Å². The number of hydrogen-bond acceptors (Lipinski definition) is 2. The standard InChI is InChI=1S/C10H13N3/c1-10(2,11)8-7-13-6-4-3-5-9(13)12-8/h3-7H,11H2,1-2H3. The fourth-order valence-electron chi connectivity index (χ4n) is 1.25. The summed E-state index contributed by atoms with van der Waals surface area (Å²) in [4.78, 5) is 4.42. The van der Waals surface area contributed by atoms with Gasteiger partial charge in [0, 0.05) is 12.4 Å². The van der Waals surface area contributed by atoms with Gasteiger partial charge in [0.1, 0.15) is 5.65 Å². The fraction of sp³-hybridized carbons (Fsp3) is 0.300. The van der Waals surface area contributed by atoms with Crippen LogP contribution in [0, 0.1) is 0 Å². The predicted octanol–water partition coefficient (Wildman–Crippen LogP) is 1.53. The van der Waals surface area contributed by atoms with Crippen molar-refractivity contribution in [1.82, 2.24) is 9.38 Å². The van der Waals surface area contributed by atoms with Gasteiger partial charge >= 0.3 is 0 Å². The van der Waals surface area contributed by atoms with E-state index in [2.05, 4.69) is 4.98 Å². The molecule has 2 aromatic rings. The molecule has 3 nitrogen and oxygen atoms in total. The topological polar surface area (TPSA) is 43.3 Å². The summed E-state index contributed by atoms with van der Waals surface area (Å²) in [6, 6.07) is 5.91. The zero-order chi connectivity index (χ0) is 9.47. The van der Waals surface area contributed by atoms with Crippen LogP contribution in [-0.2, 0) is 5.54 Å². The highest BCUT2D eigenvalue weighted by molar-refractivity contribution is 5.40. The maximum atomic E-state index is 5.94. The second-order valence-electron chi connectivity index (χ2n) is 3.81. The lowest BCUT2D eigenvalue weighted by Crippen LogP contribution is -2.28. The first-order valence-corrected chi connectivity index (χ1v) is 4.30. The third-order valence-corrected chi connectivity index (χ3v) is 2.02. The minimum absolute atomic E-state index is 0.369. The third kappa shape index (κ3) is 1.42. The molecule has 2 heterocycles. The summed E-state index contributed by atoms with van der Waals surface area (Å²) in [5.41, 5.74) is 7.43. The Morgan fingerprint density at radius 1 is 1.38 bits per heavy atom. The molecule has 2 rings (SSSR count). The van der Waals surface area contributed by atoms with Gasteiger partial charge in [0.15, 0.2) is 0 Å². The molecule has 0 aliphatic carbocycles. The number of nitrogens with two attached hydrogens (primary N) is 1. The number of hydrogen-bond donors (Lipinski definition) is 1. The van der Waals surface area contributed by atoms with E-state index in [1.807, 2.05) is 48.8 Å². The number of aromatic nitrogens is 2. The molecular formula is C10H13N3. The van der Waals surface area contributed by atoms with Crippen molar-refractivity contribution in [3.05, 3.63) is 36.3 Å². The van der Waals surface area contributed by atoms with Crippen molar-refractivity contribution in [2.24, 2.45) is 5.73 Å². The first-order valence-electron chi connectivity index (χ1n) is 4.30. The summed E-state index contributed by atoms with van der Waals surface area (Å²) in [5.74, 6) is 0. The Kier molecular flexibility index (Phi) is 1.63. The van der Waals surface area contributed by atoms with Gasteiger partial charge in [-0.05, 0) is 26.0 Å². The van der Waals surface area contributed by atoms with Gasteiger partial charge in [-0.1, -0.05) is 6.07 Å². The molecule has 0 saturated carbocycles. The highest BCUT2D eigenvalue weighted by Gasteiger charge is 2.17. The molecule has 0 saturated heterocycles. The van der Waals surface area contributed by atoms with Crippen LogP contribution >= 0.6 is 0 Å². The summed E-state index contributed by atoms with van der Waals surface area (Å²) in [5, 5.41) is 0. The van der Waals surface area contributed by atoms with Gasteiger partial charge in [0.2, 0.25) is 0 Å². The molecule has 0 atom stereocenters. The molecule has 0 amide bonds. The second kappa shape index (κ2) is 2.57. The van der Waals surface area contributed by atoms with Crippen LogP contribution < -0.4 is 5.73 Å². The van der Waals surface area contributed by atoms with Crippen molar-refractivity contribution in [1.29, 1.82) is 0 Å². The second-order valence-corrected chi connectivity index (χ2v) is 3.81. The lowest BCUT2D eigenvalue weighted by Gasteiger charge is -2.14. The average molecular weight is 175 g/mol. The average Bonchev–Trinajstić information content (AvgIpc) is 2.45. The third-order valence-electron chi connectivity index (χ3n) is 2.02. The van der Waals surface area contributed by atoms with E-state index in [1.54, 1.807) is 0 Å². The maximum Gasteiger partial charge on any atom is 0.137 e. The van der Waals surface area contributed by atoms with Crippen LogP contribution in [0.15, 0.2) is 30.6 Å². The van der Waals surface area contributed by atoms with Gasteiger partial charge < -0.3 is 10.1 Å². The van der Waals surface area contributed by atoms with E-state index in [0.29, 0.717) is 0 Å². The zero-order valence-electron chi connectivity index (χ0n) is 7.86. The minimum atomic E-state index is -0.369. The number of pyridine rings is 1. The first-order chi connectivity index (χ1) is 6.07. The summed E-state index contributed by atoms with van der Waals surface area (Å²) < 4.78 is 1.98. The first kappa shape index (κ1) is 8.26. The molecule has 0 unspecified atom stereocenters. The lowest BCUT2D eigenvalue weighted by atomic mass is 10.0. The van der Waals surface area contributed by atoms with E-state index in [0.717, 1.165) is 11.3 Å². The predicted molar refractivity (Wildman–Crippen MR) is 52.4 cm³/mol. The van der Waals surface area contributed by atoms with E-state index in [4.69, 9.17) is 5.73 Å². The van der Waals surface area contributed by atoms with Crippen LogP contribution in [0.25, 0.3) is 5.65 Å². The van der Waals surface area contributed by atoms with E-state index in [-0.39, 0.29) is 5.54 Å². The van der Waals surface area contributed by atoms with E-state index in [1.165, 1.54) is 0 Å². The maximum absolute atomic E-state index is 5.94. The molecule has 68 valence electrons. The fourth-order valence-corrected chi connectivity index (χ4v) is 1.25. The van der Waals surface area contributed by atoms with Crippen LogP contribution in [-0.4, -0.2) is 9.38 Å². The van der Waals surface area contributed by atoms with Crippen molar-refractivity contribution < 1.29 is 0 Å². The Bertz CT molecular complexity index is 390. The highest BCUT2D eigenvalue weighted by atomic mass is 15.0. The van der Waals surface area contributed by atoms with Crippen molar-refractivity contribution >= 4 is 5.65 Å². The summed E-state index contributed by atoms with van der Waals surface area (Å²) >= 11 is 0. The zero-order valence-corrected chi connectivity index (χ0v) is 7.86. The van der Waals surface area contributed by atoms with E-state index >= 15 is 0 Å². The molecular weight excluding hydrogens is 162 g/mol. The largest absolute Gasteiger partial charge is 0.321 e. The number of fused-ring (bicyclic) bond motifs is 1. The highest BCUT2D eigenvalue weighted by Crippen LogP contribution is 2.15. The Hall–Kier alpha value is -1.35. The van der Waals surface area contributed by atoms with Gasteiger partial charge in [-0.2, -0.15) is 0 Å². The molecule has 0 radical (unpaired) electrons. The molecule has 0 spiro atoms. The number of rotatable bonds is 1. The Balaban J connectivity index is 2.63. The van der Waals surface area contributed by atoms with Gasteiger partial charge in [-0.25, -0.2) is 4.98 Å². The monoisotopic (exact) mass is 175 g/mol. The molecule has 2 N–H and O–H groups in total. The smallest absolute Gasteiger partial charge is 0.137 e. The van der Waals surface area contributed by atoms with E-state index in [9.17, 15) is 0 Å². The molecule has 2 aromatic heterocycles. The molecule has 0 aliphatic heterocycles. The molecule has 0 aliphatic rings. The summed E-state index contributed by atoms with van der Waals surface area (Å²) in [7, 11) is 0. The Morgan fingerprint density at radius 2 is 2.15 bits per heavy atom. The van der Waals surface area contributed by atoms with Crippen molar-refractivity contribution in [2.45, 2.75) is 19.4 Å². The molecule has 0 fully saturated rings. The van der Waals surface area contributed by atoms with Crippen molar-refractivity contribution in [2.75, 3.05) is 0 Å². The quantitative estimate of drug-likeness (QED) is 0.714. The van der Waals surface area contributed by atoms with Gasteiger partial charge in [0.25, 0.3) is 0 Å². The van der Waals surface area contributed by atoms with E-state index < -0.39 is 0 Å². The molecule has 13 heavy (non-hydrogen) atoms. The van der Waals surface area contributed by atoms with Crippen molar-refractivity contribution in [3.63, 3.8) is 0 Å². The van der Waals surface area contributed by atoms with Gasteiger partial charge in [-0.3, -0.25) is 0 Å². The minimum Gasteiger partial charge on any atom is -0.321 e. The molecule has 0 bridgehead atoms. The molecule has 3 heteroatoms. The van der Waals surface area contributed by atoms with Gasteiger partial charge in [0.05, 0.1) is 11.2 Å². The van der Waals surface area contributed by atoms with Crippen LogP contribution in [0.1, 0.15) is 19.5 Å². The SMILES string of the molecule is CC(C)(N)c1cn2ccccc2n1. The summed E-state index contributed by atoms with van der Waals surface area (Å²) in [6.45, 7) is 3.91. The van der Waals surface area contributed by atoms with Crippen molar-refractivity contribution in [3.8, 4) is 0 Å². The number of nitrogens with zero attached hydrogens (tertiary/aromatic N) is 2. The van der Waals surface area contributed by atoms with Crippen LogP contribution in [0.2, 0.25) is 0 Å². The number of imidazole rings is 1.